The number of nitrogens with zero attached hydrogens (tertiary/aromatic N) is 1. The highest BCUT2D eigenvalue weighted by Crippen LogP contribution is 2.20. The maximum atomic E-state index is 12.8. The first-order valence-corrected chi connectivity index (χ1v) is 5.60. The Labute approximate surface area is 103 Å². The third-order valence-corrected chi connectivity index (χ3v) is 2.73. The number of nitrogen functional groups attached to an aromatic ring is 1. The molecule has 0 unspecified atom stereocenters. The molecule has 3 nitrogen and oxygen atoms in total. The van der Waals surface area contributed by atoms with Crippen molar-refractivity contribution in [2.24, 2.45) is 0 Å². The number of rotatable bonds is 2. The molecular formula is C14H11FN2O. The monoisotopic (exact) mass is 242 g/mol. The van der Waals surface area contributed by atoms with Crippen LogP contribution in [0.1, 0.15) is 11.5 Å². The lowest BCUT2D eigenvalue weighted by Crippen LogP contribution is -1.87. The number of halogens is 1. The lowest BCUT2D eigenvalue weighted by Gasteiger charge is -1.96. The van der Waals surface area contributed by atoms with E-state index in [4.69, 9.17) is 10.2 Å². The van der Waals surface area contributed by atoms with Crippen molar-refractivity contribution in [3.8, 4) is 0 Å². The Balaban J connectivity index is 1.92. The second-order valence-corrected chi connectivity index (χ2v) is 4.14. The van der Waals surface area contributed by atoms with E-state index in [2.05, 4.69) is 4.98 Å². The molecule has 0 saturated carbocycles. The number of hydrogen-bond donors (Lipinski definition) is 1. The highest BCUT2D eigenvalue weighted by Gasteiger charge is 2.06. The minimum Gasteiger partial charge on any atom is -0.440 e. The molecule has 3 aromatic rings. The molecule has 2 N–H and O–H groups in total. The fraction of sp³-hybridized carbons (Fsp3) is 0.0714. The van der Waals surface area contributed by atoms with Gasteiger partial charge in [-0.25, -0.2) is 9.37 Å². The van der Waals surface area contributed by atoms with Crippen molar-refractivity contribution in [2.45, 2.75) is 6.42 Å². The van der Waals surface area contributed by atoms with Crippen LogP contribution in [0.4, 0.5) is 10.1 Å². The Morgan fingerprint density at radius 1 is 1.11 bits per heavy atom. The topological polar surface area (TPSA) is 52.0 Å². The van der Waals surface area contributed by atoms with E-state index < -0.39 is 0 Å². The van der Waals surface area contributed by atoms with Crippen LogP contribution >= 0.6 is 0 Å². The fourth-order valence-electron chi connectivity index (χ4n) is 1.84. The van der Waals surface area contributed by atoms with E-state index in [1.54, 1.807) is 24.3 Å². The standard InChI is InChI=1S/C14H11FN2O/c15-10-3-1-9(2-4-10)7-14-17-12-6-5-11(16)8-13(12)18-14/h1-6,8H,7,16H2. The van der Waals surface area contributed by atoms with E-state index in [-0.39, 0.29) is 5.82 Å². The van der Waals surface area contributed by atoms with Crippen LogP contribution < -0.4 is 5.73 Å². The summed E-state index contributed by atoms with van der Waals surface area (Å²) >= 11 is 0. The molecule has 18 heavy (non-hydrogen) atoms. The van der Waals surface area contributed by atoms with Crippen LogP contribution in [0, 0.1) is 5.82 Å². The van der Waals surface area contributed by atoms with Crippen LogP contribution in [0.15, 0.2) is 46.9 Å². The highest BCUT2D eigenvalue weighted by atomic mass is 19.1. The Hall–Kier alpha value is -2.36. The van der Waals surface area contributed by atoms with Gasteiger partial charge >= 0.3 is 0 Å². The molecule has 2 aromatic carbocycles. The summed E-state index contributed by atoms with van der Waals surface area (Å²) < 4.78 is 18.4. The van der Waals surface area contributed by atoms with Crippen molar-refractivity contribution in [2.75, 3.05) is 5.73 Å². The molecule has 0 radical (unpaired) electrons. The molecule has 0 aliphatic carbocycles. The average molecular weight is 242 g/mol. The van der Waals surface area contributed by atoms with Gasteiger partial charge in [0.1, 0.15) is 11.3 Å². The molecule has 90 valence electrons. The first kappa shape index (κ1) is 10.8. The number of nitrogens with two attached hydrogens (primary N) is 1. The Morgan fingerprint density at radius 2 is 1.89 bits per heavy atom. The van der Waals surface area contributed by atoms with Crippen molar-refractivity contribution in [1.29, 1.82) is 0 Å². The summed E-state index contributed by atoms with van der Waals surface area (Å²) in [4.78, 5) is 4.36. The smallest absolute Gasteiger partial charge is 0.199 e. The van der Waals surface area contributed by atoms with Crippen LogP contribution in [0.25, 0.3) is 11.1 Å². The van der Waals surface area contributed by atoms with Gasteiger partial charge < -0.3 is 10.2 Å². The maximum Gasteiger partial charge on any atom is 0.199 e. The number of fused-ring (bicyclic) bond motifs is 1. The van der Waals surface area contributed by atoms with Gasteiger partial charge in [0.2, 0.25) is 0 Å². The summed E-state index contributed by atoms with van der Waals surface area (Å²) in [5.74, 6) is 0.353. The lowest BCUT2D eigenvalue weighted by atomic mass is 10.1. The minimum atomic E-state index is -0.246. The van der Waals surface area contributed by atoms with Gasteiger partial charge in [-0.15, -0.1) is 0 Å². The summed E-state index contributed by atoms with van der Waals surface area (Å²) in [6.45, 7) is 0. The highest BCUT2D eigenvalue weighted by molar-refractivity contribution is 5.76. The molecule has 0 spiro atoms. The molecule has 0 saturated heterocycles. The lowest BCUT2D eigenvalue weighted by molar-refractivity contribution is 0.543. The summed E-state index contributed by atoms with van der Waals surface area (Å²) in [7, 11) is 0. The normalized spacial score (nSPS) is 10.9. The second kappa shape index (κ2) is 4.14. The molecule has 0 amide bonds. The van der Waals surface area contributed by atoms with E-state index in [0.717, 1.165) is 11.1 Å². The van der Waals surface area contributed by atoms with Gasteiger partial charge in [-0.05, 0) is 29.8 Å². The zero-order valence-electron chi connectivity index (χ0n) is 9.56. The first-order valence-electron chi connectivity index (χ1n) is 5.60. The third kappa shape index (κ3) is 2.05. The van der Waals surface area contributed by atoms with Gasteiger partial charge in [0, 0.05) is 18.2 Å². The number of benzene rings is 2. The predicted molar refractivity (Wildman–Crippen MR) is 67.6 cm³/mol. The zero-order chi connectivity index (χ0) is 12.5. The van der Waals surface area contributed by atoms with Crippen LogP contribution in [0.3, 0.4) is 0 Å². The summed E-state index contributed by atoms with van der Waals surface area (Å²) in [5, 5.41) is 0. The number of hydrogen-bond acceptors (Lipinski definition) is 3. The first-order chi connectivity index (χ1) is 8.70. The van der Waals surface area contributed by atoms with Gasteiger partial charge in [-0.3, -0.25) is 0 Å². The Bertz CT molecular complexity index is 689. The van der Waals surface area contributed by atoms with Gasteiger partial charge in [-0.1, -0.05) is 12.1 Å². The molecule has 0 bridgehead atoms. The molecule has 4 heteroatoms. The molecular weight excluding hydrogens is 231 g/mol. The second-order valence-electron chi connectivity index (χ2n) is 4.14. The Kier molecular flexibility index (Phi) is 2.48. The average Bonchev–Trinajstić information content (AvgIpc) is 2.73. The van der Waals surface area contributed by atoms with Gasteiger partial charge in [0.15, 0.2) is 11.5 Å². The number of anilines is 1. The van der Waals surface area contributed by atoms with Crippen molar-refractivity contribution < 1.29 is 8.81 Å². The zero-order valence-corrected chi connectivity index (χ0v) is 9.56. The van der Waals surface area contributed by atoms with E-state index in [1.165, 1.54) is 12.1 Å². The largest absolute Gasteiger partial charge is 0.440 e. The number of oxazole rings is 1. The fourth-order valence-corrected chi connectivity index (χ4v) is 1.84. The van der Waals surface area contributed by atoms with Gasteiger partial charge in [0.25, 0.3) is 0 Å². The molecule has 0 aliphatic heterocycles. The van der Waals surface area contributed by atoms with Crippen LogP contribution in [0.5, 0.6) is 0 Å². The molecule has 0 atom stereocenters. The summed E-state index contributed by atoms with van der Waals surface area (Å²) in [6.07, 6.45) is 0.537. The van der Waals surface area contributed by atoms with Gasteiger partial charge in [-0.2, -0.15) is 0 Å². The van der Waals surface area contributed by atoms with Crippen molar-refractivity contribution in [1.82, 2.24) is 4.98 Å². The van der Waals surface area contributed by atoms with Crippen molar-refractivity contribution in [3.05, 3.63) is 59.7 Å². The van der Waals surface area contributed by atoms with Crippen LogP contribution in [-0.4, -0.2) is 4.98 Å². The van der Waals surface area contributed by atoms with Gasteiger partial charge in [0.05, 0.1) is 0 Å². The molecule has 0 aliphatic rings. The van der Waals surface area contributed by atoms with Crippen molar-refractivity contribution in [3.63, 3.8) is 0 Å². The van der Waals surface area contributed by atoms with E-state index in [0.29, 0.717) is 23.6 Å². The number of aromatic nitrogens is 1. The molecule has 1 heterocycles. The Morgan fingerprint density at radius 3 is 2.67 bits per heavy atom. The minimum absolute atomic E-state index is 0.246. The van der Waals surface area contributed by atoms with Crippen molar-refractivity contribution >= 4 is 16.8 Å². The summed E-state index contributed by atoms with van der Waals surface area (Å²) in [6, 6.07) is 11.6. The SMILES string of the molecule is Nc1ccc2nc(Cc3ccc(F)cc3)oc2c1. The van der Waals surface area contributed by atoms with Crippen LogP contribution in [0.2, 0.25) is 0 Å². The van der Waals surface area contributed by atoms with E-state index in [1.807, 2.05) is 6.07 Å². The van der Waals surface area contributed by atoms with E-state index in [9.17, 15) is 4.39 Å². The third-order valence-electron chi connectivity index (χ3n) is 2.73. The molecule has 1 aromatic heterocycles. The molecule has 3 rings (SSSR count). The quantitative estimate of drug-likeness (QED) is 0.702. The van der Waals surface area contributed by atoms with Crippen LogP contribution in [-0.2, 0) is 6.42 Å². The van der Waals surface area contributed by atoms with E-state index >= 15 is 0 Å². The maximum absolute atomic E-state index is 12.8. The summed E-state index contributed by atoms with van der Waals surface area (Å²) in [5.41, 5.74) is 8.73. The molecule has 0 fully saturated rings. The predicted octanol–water partition coefficient (Wildman–Crippen LogP) is 3.14.